The molecule has 9 rings (SSSR count). The van der Waals surface area contributed by atoms with Gasteiger partial charge in [0.2, 0.25) is 0 Å². The van der Waals surface area contributed by atoms with Crippen molar-refractivity contribution >= 4 is 53.9 Å². The summed E-state index contributed by atoms with van der Waals surface area (Å²) in [6.07, 6.45) is 0. The third kappa shape index (κ3) is 3.92. The van der Waals surface area contributed by atoms with Crippen LogP contribution in [0.3, 0.4) is 0 Å². The molecular weight excluding hydrogens is 528 g/mol. The maximum Gasteiger partial charge on any atom is -0.00928 e. The molecule has 0 fully saturated rings. The summed E-state index contributed by atoms with van der Waals surface area (Å²) < 4.78 is 0. The number of hydrogen-bond donors (Lipinski definition) is 0. The highest BCUT2D eigenvalue weighted by molar-refractivity contribution is 6.25. The molecular formula is C44H28. The second kappa shape index (κ2) is 9.93. The van der Waals surface area contributed by atoms with Crippen molar-refractivity contribution in [1.29, 1.82) is 0 Å². The highest BCUT2D eigenvalue weighted by Crippen LogP contribution is 2.41. The Bertz CT molecular complexity index is 2410. The van der Waals surface area contributed by atoms with Crippen molar-refractivity contribution in [3.8, 4) is 33.4 Å². The predicted molar refractivity (Wildman–Crippen MR) is 190 cm³/mol. The first kappa shape index (κ1) is 24.8. The van der Waals surface area contributed by atoms with Crippen LogP contribution in [0.25, 0.3) is 87.2 Å². The van der Waals surface area contributed by atoms with Gasteiger partial charge in [-0.3, -0.25) is 0 Å². The first-order valence-electron chi connectivity index (χ1n) is 15.3. The zero-order chi connectivity index (χ0) is 29.0. The Morgan fingerprint density at radius 2 is 0.591 bits per heavy atom. The van der Waals surface area contributed by atoms with E-state index in [2.05, 4.69) is 170 Å². The third-order valence-corrected chi connectivity index (χ3v) is 9.21. The lowest BCUT2D eigenvalue weighted by molar-refractivity contribution is 1.60. The van der Waals surface area contributed by atoms with Gasteiger partial charge in [0.25, 0.3) is 0 Å². The molecule has 0 atom stereocenters. The lowest BCUT2D eigenvalue weighted by Crippen LogP contribution is -1.89. The van der Waals surface area contributed by atoms with Crippen LogP contribution < -0.4 is 0 Å². The Morgan fingerprint density at radius 3 is 1.11 bits per heavy atom. The summed E-state index contributed by atoms with van der Waals surface area (Å²) in [5.41, 5.74) is 7.41. The first-order valence-corrected chi connectivity index (χ1v) is 15.3. The summed E-state index contributed by atoms with van der Waals surface area (Å²) in [4.78, 5) is 0. The van der Waals surface area contributed by atoms with E-state index in [1.807, 2.05) is 0 Å². The molecule has 0 saturated carbocycles. The Labute approximate surface area is 256 Å². The fourth-order valence-electron chi connectivity index (χ4n) is 7.15. The molecule has 0 aromatic heterocycles. The molecule has 0 radical (unpaired) electrons. The zero-order valence-electron chi connectivity index (χ0n) is 24.2. The van der Waals surface area contributed by atoms with Crippen LogP contribution in [-0.4, -0.2) is 0 Å². The van der Waals surface area contributed by atoms with Gasteiger partial charge in [0.15, 0.2) is 0 Å². The summed E-state index contributed by atoms with van der Waals surface area (Å²) >= 11 is 0. The van der Waals surface area contributed by atoms with Crippen LogP contribution in [0.2, 0.25) is 0 Å². The largest absolute Gasteiger partial charge is 0.0616 e. The summed E-state index contributed by atoms with van der Waals surface area (Å²) in [5, 5.41) is 12.8. The molecule has 0 heteroatoms. The molecule has 0 nitrogen and oxygen atoms in total. The number of benzene rings is 9. The molecule has 0 saturated heterocycles. The van der Waals surface area contributed by atoms with Crippen molar-refractivity contribution in [2.24, 2.45) is 0 Å². The molecule has 204 valence electrons. The van der Waals surface area contributed by atoms with E-state index in [1.54, 1.807) is 0 Å². The van der Waals surface area contributed by atoms with Crippen LogP contribution >= 0.6 is 0 Å². The topological polar surface area (TPSA) is 0 Å². The minimum absolute atomic E-state index is 1.22. The van der Waals surface area contributed by atoms with Crippen LogP contribution in [0.15, 0.2) is 170 Å². The highest BCUT2D eigenvalue weighted by atomic mass is 14.2. The van der Waals surface area contributed by atoms with E-state index in [9.17, 15) is 0 Å². The van der Waals surface area contributed by atoms with Gasteiger partial charge in [0, 0.05) is 0 Å². The van der Waals surface area contributed by atoms with Crippen molar-refractivity contribution in [3.05, 3.63) is 170 Å². The second-order valence-electron chi connectivity index (χ2n) is 11.7. The van der Waals surface area contributed by atoms with Crippen LogP contribution in [0.5, 0.6) is 0 Å². The molecule has 0 bridgehead atoms. The summed E-state index contributed by atoms with van der Waals surface area (Å²) in [7, 11) is 0. The Balaban J connectivity index is 1.35. The molecule has 44 heavy (non-hydrogen) atoms. The molecule has 0 aliphatic heterocycles. The van der Waals surface area contributed by atoms with Gasteiger partial charge in [-0.2, -0.15) is 0 Å². The number of hydrogen-bond acceptors (Lipinski definition) is 0. The summed E-state index contributed by atoms with van der Waals surface area (Å²) in [6, 6.07) is 62.4. The SMILES string of the molecule is c1ccc2c(-c3cc(-c4ccc5c6ccccc6c6ccccc6c5c4)cc(-c4cccc5ccccc45)c3)cccc2c1. The molecule has 0 amide bonds. The van der Waals surface area contributed by atoms with Gasteiger partial charge >= 0.3 is 0 Å². The van der Waals surface area contributed by atoms with Crippen LogP contribution in [-0.2, 0) is 0 Å². The minimum atomic E-state index is 1.22. The first-order chi connectivity index (χ1) is 21.8. The van der Waals surface area contributed by atoms with Crippen molar-refractivity contribution in [2.45, 2.75) is 0 Å². The van der Waals surface area contributed by atoms with Crippen molar-refractivity contribution < 1.29 is 0 Å². The maximum absolute atomic E-state index is 2.40. The smallest absolute Gasteiger partial charge is 0.00928 e. The monoisotopic (exact) mass is 556 g/mol. The molecule has 0 heterocycles. The molecule has 0 N–H and O–H groups in total. The van der Waals surface area contributed by atoms with E-state index in [0.29, 0.717) is 0 Å². The number of fused-ring (bicyclic) bond motifs is 8. The Kier molecular flexibility index (Phi) is 5.61. The van der Waals surface area contributed by atoms with Gasteiger partial charge in [0.1, 0.15) is 0 Å². The molecule has 9 aromatic rings. The van der Waals surface area contributed by atoms with Crippen LogP contribution in [0.1, 0.15) is 0 Å². The Hall–Kier alpha value is -5.72. The van der Waals surface area contributed by atoms with Gasteiger partial charge in [-0.25, -0.2) is 0 Å². The van der Waals surface area contributed by atoms with Gasteiger partial charge in [-0.05, 0) is 112 Å². The summed E-state index contributed by atoms with van der Waals surface area (Å²) in [5.74, 6) is 0. The van der Waals surface area contributed by atoms with Crippen molar-refractivity contribution in [1.82, 2.24) is 0 Å². The molecule has 0 unspecified atom stereocenters. The standard InChI is InChI=1S/C44H28/c1-3-15-35-29(11-1)13-9-21-37(35)33-25-32(26-34(27-33)38-22-10-14-30-12-2-4-16-36(30)38)31-23-24-43-41-19-6-5-17-39(41)40-18-7-8-20-42(40)44(43)28-31/h1-28H. The fraction of sp³-hybridized carbons (Fsp3) is 0. The minimum Gasteiger partial charge on any atom is -0.0616 e. The van der Waals surface area contributed by atoms with Crippen LogP contribution in [0.4, 0.5) is 0 Å². The molecule has 0 spiro atoms. The van der Waals surface area contributed by atoms with Gasteiger partial charge in [-0.15, -0.1) is 0 Å². The van der Waals surface area contributed by atoms with E-state index in [4.69, 9.17) is 0 Å². The lowest BCUT2D eigenvalue weighted by atomic mass is 9.88. The van der Waals surface area contributed by atoms with Gasteiger partial charge in [-0.1, -0.05) is 146 Å². The van der Waals surface area contributed by atoms with E-state index < -0.39 is 0 Å². The zero-order valence-corrected chi connectivity index (χ0v) is 24.2. The van der Waals surface area contributed by atoms with E-state index in [-0.39, 0.29) is 0 Å². The molecule has 9 aromatic carbocycles. The number of rotatable bonds is 3. The third-order valence-electron chi connectivity index (χ3n) is 9.21. The molecule has 0 aliphatic carbocycles. The van der Waals surface area contributed by atoms with Crippen LogP contribution in [0, 0.1) is 0 Å². The van der Waals surface area contributed by atoms with Gasteiger partial charge < -0.3 is 0 Å². The predicted octanol–water partition coefficient (Wildman–Crippen LogP) is 12.5. The van der Waals surface area contributed by atoms with E-state index in [1.165, 1.54) is 87.2 Å². The molecule has 0 aliphatic rings. The maximum atomic E-state index is 2.40. The van der Waals surface area contributed by atoms with Crippen molar-refractivity contribution in [2.75, 3.05) is 0 Å². The van der Waals surface area contributed by atoms with E-state index in [0.717, 1.165) is 0 Å². The quantitative estimate of drug-likeness (QED) is 0.190. The Morgan fingerprint density at radius 1 is 0.205 bits per heavy atom. The average Bonchev–Trinajstić information content (AvgIpc) is 3.11. The lowest BCUT2D eigenvalue weighted by Gasteiger charge is -2.16. The average molecular weight is 557 g/mol. The van der Waals surface area contributed by atoms with Gasteiger partial charge in [0.05, 0.1) is 0 Å². The normalized spacial score (nSPS) is 11.6. The second-order valence-corrected chi connectivity index (χ2v) is 11.7. The summed E-state index contributed by atoms with van der Waals surface area (Å²) in [6.45, 7) is 0. The van der Waals surface area contributed by atoms with Crippen molar-refractivity contribution in [3.63, 3.8) is 0 Å². The van der Waals surface area contributed by atoms with E-state index >= 15 is 0 Å². The highest BCUT2D eigenvalue weighted by Gasteiger charge is 2.14. The fourth-order valence-corrected chi connectivity index (χ4v) is 7.15.